The monoisotopic (exact) mass is 358 g/mol. The summed E-state index contributed by atoms with van der Waals surface area (Å²) in [5, 5.41) is 14.1. The average Bonchev–Trinajstić information content (AvgIpc) is 2.72. The molecule has 0 fully saturated rings. The van der Waals surface area contributed by atoms with Crippen LogP contribution in [0.4, 0.5) is 5.69 Å². The third-order valence-corrected chi connectivity index (χ3v) is 4.15. The number of nitriles is 1. The van der Waals surface area contributed by atoms with E-state index in [-0.39, 0.29) is 5.57 Å². The molecule has 3 aromatic carbocycles. The minimum absolute atomic E-state index is 0.0135. The Morgan fingerprint density at radius 2 is 1.74 bits per heavy atom. The predicted molar refractivity (Wildman–Crippen MR) is 106 cm³/mol. The number of carbonyl (C=O) groups is 1. The van der Waals surface area contributed by atoms with Crippen molar-refractivity contribution in [1.82, 2.24) is 0 Å². The number of hydrogen-bond acceptors (Lipinski definition) is 4. The Morgan fingerprint density at radius 1 is 1.00 bits per heavy atom. The Kier molecular flexibility index (Phi) is 5.38. The minimum Gasteiger partial charge on any atom is -0.497 e. The number of carbonyl (C=O) groups excluding carboxylic acids is 1. The van der Waals surface area contributed by atoms with Gasteiger partial charge in [-0.1, -0.05) is 30.3 Å². The maximum atomic E-state index is 12.6. The van der Waals surface area contributed by atoms with E-state index in [0.717, 1.165) is 10.8 Å². The minimum atomic E-state index is -0.488. The molecule has 0 aliphatic rings. The molecule has 0 aliphatic heterocycles. The van der Waals surface area contributed by atoms with Crippen LogP contribution in [0.2, 0.25) is 0 Å². The molecule has 5 heteroatoms. The van der Waals surface area contributed by atoms with Gasteiger partial charge >= 0.3 is 0 Å². The smallest absolute Gasteiger partial charge is 0.266 e. The second-order valence-electron chi connectivity index (χ2n) is 5.76. The van der Waals surface area contributed by atoms with E-state index >= 15 is 0 Å². The van der Waals surface area contributed by atoms with Crippen LogP contribution in [0.5, 0.6) is 11.5 Å². The van der Waals surface area contributed by atoms with Crippen molar-refractivity contribution in [2.75, 3.05) is 19.5 Å². The molecule has 0 spiro atoms. The van der Waals surface area contributed by atoms with Crippen LogP contribution >= 0.6 is 0 Å². The second kappa shape index (κ2) is 8.07. The van der Waals surface area contributed by atoms with Gasteiger partial charge in [-0.3, -0.25) is 4.79 Å². The Balaban J connectivity index is 1.97. The van der Waals surface area contributed by atoms with Crippen LogP contribution in [0.15, 0.2) is 66.2 Å². The molecule has 0 aliphatic carbocycles. The standard InChI is InChI=1S/C22H18N2O3/c1-26-18-10-8-17(9-11-18)24-22(25)16(14-23)13-20-19-6-4-3-5-15(19)7-12-21(20)27-2/h3-13H,1-2H3,(H,24,25)/b16-13+. The predicted octanol–water partition coefficient (Wildman–Crippen LogP) is 4.40. The van der Waals surface area contributed by atoms with Crippen molar-refractivity contribution < 1.29 is 14.3 Å². The summed E-state index contributed by atoms with van der Waals surface area (Å²) in [7, 11) is 3.13. The van der Waals surface area contributed by atoms with Crippen molar-refractivity contribution in [3.05, 3.63) is 71.8 Å². The van der Waals surface area contributed by atoms with Crippen molar-refractivity contribution in [1.29, 1.82) is 5.26 Å². The van der Waals surface area contributed by atoms with Crippen LogP contribution in [0.3, 0.4) is 0 Å². The normalized spacial score (nSPS) is 10.9. The number of ether oxygens (including phenoxy) is 2. The average molecular weight is 358 g/mol. The van der Waals surface area contributed by atoms with Gasteiger partial charge in [-0.25, -0.2) is 0 Å². The fraction of sp³-hybridized carbons (Fsp3) is 0.0909. The highest BCUT2D eigenvalue weighted by atomic mass is 16.5. The Bertz CT molecular complexity index is 1050. The summed E-state index contributed by atoms with van der Waals surface area (Å²) >= 11 is 0. The van der Waals surface area contributed by atoms with Crippen molar-refractivity contribution in [3.8, 4) is 17.6 Å². The first kappa shape index (κ1) is 18.0. The maximum absolute atomic E-state index is 12.6. The molecule has 0 saturated carbocycles. The fourth-order valence-corrected chi connectivity index (χ4v) is 2.77. The number of fused-ring (bicyclic) bond motifs is 1. The van der Waals surface area contributed by atoms with Gasteiger partial charge in [0.05, 0.1) is 14.2 Å². The van der Waals surface area contributed by atoms with E-state index in [2.05, 4.69) is 5.32 Å². The number of rotatable bonds is 5. The van der Waals surface area contributed by atoms with Crippen molar-refractivity contribution in [2.45, 2.75) is 0 Å². The summed E-state index contributed by atoms with van der Waals surface area (Å²) in [6.45, 7) is 0. The van der Waals surface area contributed by atoms with Crippen molar-refractivity contribution in [2.24, 2.45) is 0 Å². The zero-order valence-electron chi connectivity index (χ0n) is 15.0. The zero-order valence-corrected chi connectivity index (χ0v) is 15.0. The van der Waals surface area contributed by atoms with Gasteiger partial charge in [0.15, 0.2) is 0 Å². The lowest BCUT2D eigenvalue weighted by Crippen LogP contribution is -2.13. The quantitative estimate of drug-likeness (QED) is 0.542. The highest BCUT2D eigenvalue weighted by Crippen LogP contribution is 2.30. The summed E-state index contributed by atoms with van der Waals surface area (Å²) < 4.78 is 10.5. The molecule has 134 valence electrons. The summed E-state index contributed by atoms with van der Waals surface area (Å²) in [6, 6.07) is 20.4. The first-order valence-electron chi connectivity index (χ1n) is 8.29. The molecular formula is C22H18N2O3. The summed E-state index contributed by atoms with van der Waals surface area (Å²) in [5.74, 6) is 0.792. The van der Waals surface area contributed by atoms with E-state index in [4.69, 9.17) is 9.47 Å². The molecule has 5 nitrogen and oxygen atoms in total. The lowest BCUT2D eigenvalue weighted by molar-refractivity contribution is -0.112. The molecule has 1 amide bonds. The lowest BCUT2D eigenvalue weighted by atomic mass is 10.0. The molecule has 27 heavy (non-hydrogen) atoms. The maximum Gasteiger partial charge on any atom is 0.266 e. The lowest BCUT2D eigenvalue weighted by Gasteiger charge is -2.10. The van der Waals surface area contributed by atoms with Gasteiger partial charge in [0.25, 0.3) is 5.91 Å². The first-order valence-corrected chi connectivity index (χ1v) is 8.29. The summed E-state index contributed by atoms with van der Waals surface area (Å²) in [6.07, 6.45) is 1.56. The van der Waals surface area contributed by atoms with E-state index in [1.165, 1.54) is 0 Å². The number of anilines is 1. The van der Waals surface area contributed by atoms with Crippen molar-refractivity contribution >= 4 is 28.4 Å². The van der Waals surface area contributed by atoms with Gasteiger partial charge in [-0.05, 0) is 47.2 Å². The Labute approximate surface area is 157 Å². The Morgan fingerprint density at radius 3 is 2.41 bits per heavy atom. The van der Waals surface area contributed by atoms with E-state index in [1.807, 2.05) is 42.5 Å². The Hall–Kier alpha value is -3.78. The molecule has 3 rings (SSSR count). The molecule has 0 saturated heterocycles. The number of hydrogen-bond donors (Lipinski definition) is 1. The van der Waals surface area contributed by atoms with E-state index in [0.29, 0.717) is 22.7 Å². The van der Waals surface area contributed by atoms with Crippen LogP contribution in [0, 0.1) is 11.3 Å². The van der Waals surface area contributed by atoms with E-state index in [9.17, 15) is 10.1 Å². The molecule has 3 aromatic rings. The van der Waals surface area contributed by atoms with E-state index in [1.54, 1.807) is 44.6 Å². The largest absolute Gasteiger partial charge is 0.497 e. The van der Waals surface area contributed by atoms with Gasteiger partial charge in [-0.2, -0.15) is 5.26 Å². The second-order valence-corrected chi connectivity index (χ2v) is 5.76. The van der Waals surface area contributed by atoms with Gasteiger partial charge < -0.3 is 14.8 Å². The molecule has 0 atom stereocenters. The molecule has 1 N–H and O–H groups in total. The molecular weight excluding hydrogens is 340 g/mol. The zero-order chi connectivity index (χ0) is 19.2. The number of nitrogens with one attached hydrogen (secondary N) is 1. The molecule has 0 radical (unpaired) electrons. The van der Waals surface area contributed by atoms with Gasteiger partial charge in [0.1, 0.15) is 23.1 Å². The van der Waals surface area contributed by atoms with Crippen LogP contribution in [-0.2, 0) is 4.79 Å². The van der Waals surface area contributed by atoms with Gasteiger partial charge in [-0.15, -0.1) is 0 Å². The van der Waals surface area contributed by atoms with Crippen LogP contribution in [0.1, 0.15) is 5.56 Å². The van der Waals surface area contributed by atoms with Gasteiger partial charge in [0.2, 0.25) is 0 Å². The molecule has 0 unspecified atom stereocenters. The summed E-state index contributed by atoms with van der Waals surface area (Å²) in [4.78, 5) is 12.6. The number of benzene rings is 3. The first-order chi connectivity index (χ1) is 13.2. The van der Waals surface area contributed by atoms with Crippen LogP contribution in [-0.4, -0.2) is 20.1 Å². The van der Waals surface area contributed by atoms with Gasteiger partial charge in [0, 0.05) is 11.3 Å². The number of methoxy groups -OCH3 is 2. The van der Waals surface area contributed by atoms with E-state index < -0.39 is 5.91 Å². The topological polar surface area (TPSA) is 71.3 Å². The number of nitrogens with zero attached hydrogens (tertiary/aromatic N) is 1. The van der Waals surface area contributed by atoms with Crippen molar-refractivity contribution in [3.63, 3.8) is 0 Å². The molecule has 0 aromatic heterocycles. The SMILES string of the molecule is COc1ccc(NC(=O)/C(C#N)=C/c2c(OC)ccc3ccccc23)cc1. The molecule has 0 bridgehead atoms. The highest BCUT2D eigenvalue weighted by Gasteiger charge is 2.13. The van der Waals surface area contributed by atoms with Crippen LogP contribution in [0.25, 0.3) is 16.8 Å². The number of amides is 1. The third kappa shape index (κ3) is 3.91. The third-order valence-electron chi connectivity index (χ3n) is 4.15. The summed E-state index contributed by atoms with van der Waals surface area (Å²) in [5.41, 5.74) is 1.25. The molecule has 0 heterocycles. The van der Waals surface area contributed by atoms with Crippen LogP contribution < -0.4 is 14.8 Å². The fourth-order valence-electron chi connectivity index (χ4n) is 2.77. The highest BCUT2D eigenvalue weighted by molar-refractivity contribution is 6.11.